The molecule has 10 rings (SSSR count). The van der Waals surface area contributed by atoms with Gasteiger partial charge < -0.3 is 4.42 Å². The Labute approximate surface area is 279 Å². The van der Waals surface area contributed by atoms with E-state index in [9.17, 15) is 0 Å². The minimum Gasteiger partial charge on any atom is -0.456 e. The van der Waals surface area contributed by atoms with Gasteiger partial charge in [0, 0.05) is 27.5 Å². The van der Waals surface area contributed by atoms with E-state index in [0.29, 0.717) is 17.7 Å². The van der Waals surface area contributed by atoms with Gasteiger partial charge in [-0.15, -0.1) is 0 Å². The molecule has 4 aromatic heterocycles. The van der Waals surface area contributed by atoms with Crippen molar-refractivity contribution in [2.24, 2.45) is 0 Å². The fraction of sp³-hybridized carbons (Fsp3) is 0. The third-order valence-corrected chi connectivity index (χ3v) is 8.84. The highest BCUT2D eigenvalue weighted by Gasteiger charge is 2.24. The number of hydrogen-bond acceptors (Lipinski definition) is 6. The topological polar surface area (TPSA) is 87.5 Å². The number of rotatable bonds is 5. The van der Waals surface area contributed by atoms with Crippen molar-refractivity contribution >= 4 is 44.0 Å². The number of benzene rings is 6. The van der Waals surface area contributed by atoms with E-state index in [2.05, 4.69) is 30.3 Å². The SMILES string of the molecule is c1ccc(-c2nc3ccccc3n2-c2nc(-c3cccc4oc5ccccc5c34)nc(-n3c(-c4ccccc4)nc4ccccc43)n2)cc1. The zero-order valence-corrected chi connectivity index (χ0v) is 26.0. The number of fused-ring (bicyclic) bond motifs is 5. The van der Waals surface area contributed by atoms with Crippen molar-refractivity contribution < 1.29 is 4.42 Å². The maximum atomic E-state index is 6.29. The summed E-state index contributed by atoms with van der Waals surface area (Å²) in [7, 11) is 0. The Morgan fingerprint density at radius 2 is 0.918 bits per heavy atom. The standard InChI is InChI=1S/C41H25N7O/c1-3-14-26(15-4-1)38-42-30-20-8-10-22-32(30)47(38)40-44-37(29-19-13-25-35-36(29)28-18-7-12-24-34(28)49-35)45-41(46-40)48-33-23-11-9-21-31(33)43-39(48)27-16-5-2-6-17-27/h1-25H. The van der Waals surface area contributed by atoms with Crippen LogP contribution in [0.25, 0.3) is 90.1 Å². The van der Waals surface area contributed by atoms with Crippen molar-refractivity contribution in [1.82, 2.24) is 34.1 Å². The highest BCUT2D eigenvalue weighted by atomic mass is 16.3. The first-order chi connectivity index (χ1) is 24.3. The number of hydrogen-bond donors (Lipinski definition) is 0. The first kappa shape index (κ1) is 27.2. The molecule has 0 aliphatic heterocycles. The average molecular weight is 632 g/mol. The van der Waals surface area contributed by atoms with E-state index in [4.69, 9.17) is 29.3 Å². The normalized spacial score (nSPS) is 11.7. The molecule has 10 aromatic rings. The zero-order valence-electron chi connectivity index (χ0n) is 26.0. The lowest BCUT2D eigenvalue weighted by Crippen LogP contribution is -2.12. The highest BCUT2D eigenvalue weighted by molar-refractivity contribution is 6.11. The molecule has 0 unspecified atom stereocenters. The Morgan fingerprint density at radius 3 is 1.53 bits per heavy atom. The molecule has 0 spiro atoms. The minimum absolute atomic E-state index is 0.439. The molecule has 0 aliphatic rings. The van der Waals surface area contributed by atoms with E-state index in [1.807, 2.05) is 130 Å². The van der Waals surface area contributed by atoms with Gasteiger partial charge in [-0.2, -0.15) is 15.0 Å². The van der Waals surface area contributed by atoms with Crippen LogP contribution in [0.15, 0.2) is 156 Å². The van der Waals surface area contributed by atoms with Gasteiger partial charge in [0.2, 0.25) is 11.9 Å². The summed E-state index contributed by atoms with van der Waals surface area (Å²) < 4.78 is 10.3. The molecule has 8 nitrogen and oxygen atoms in total. The molecular weight excluding hydrogens is 606 g/mol. The first-order valence-corrected chi connectivity index (χ1v) is 16.0. The van der Waals surface area contributed by atoms with Crippen molar-refractivity contribution in [2.75, 3.05) is 0 Å². The maximum absolute atomic E-state index is 6.29. The highest BCUT2D eigenvalue weighted by Crippen LogP contribution is 2.37. The van der Waals surface area contributed by atoms with Crippen LogP contribution in [0.4, 0.5) is 0 Å². The second kappa shape index (κ2) is 10.8. The number of aromatic nitrogens is 7. The fourth-order valence-electron chi connectivity index (χ4n) is 6.65. The average Bonchev–Trinajstić information content (AvgIpc) is 3.87. The molecule has 0 saturated heterocycles. The number of para-hydroxylation sites is 5. The van der Waals surface area contributed by atoms with Crippen LogP contribution < -0.4 is 0 Å². The van der Waals surface area contributed by atoms with Gasteiger partial charge >= 0.3 is 0 Å². The zero-order chi connectivity index (χ0) is 32.3. The lowest BCUT2D eigenvalue weighted by Gasteiger charge is -2.14. The summed E-state index contributed by atoms with van der Waals surface area (Å²) in [6.07, 6.45) is 0. The lowest BCUT2D eigenvalue weighted by atomic mass is 10.1. The van der Waals surface area contributed by atoms with Gasteiger partial charge in [-0.3, -0.25) is 9.13 Å². The Hall–Kier alpha value is -6.93. The molecule has 230 valence electrons. The molecule has 0 amide bonds. The number of furan rings is 1. The van der Waals surface area contributed by atoms with Crippen LogP contribution in [0.3, 0.4) is 0 Å². The molecule has 8 heteroatoms. The molecule has 6 aromatic carbocycles. The van der Waals surface area contributed by atoms with Crippen LogP contribution in [0, 0.1) is 0 Å². The molecule has 0 fully saturated rings. The Morgan fingerprint density at radius 1 is 0.408 bits per heavy atom. The molecule has 49 heavy (non-hydrogen) atoms. The smallest absolute Gasteiger partial charge is 0.241 e. The van der Waals surface area contributed by atoms with Crippen LogP contribution in [-0.2, 0) is 0 Å². The summed E-state index contributed by atoms with van der Waals surface area (Å²) in [5.74, 6) is 2.85. The van der Waals surface area contributed by atoms with Crippen LogP contribution in [0.2, 0.25) is 0 Å². The van der Waals surface area contributed by atoms with Gasteiger partial charge in [0.15, 0.2) is 5.82 Å². The monoisotopic (exact) mass is 631 g/mol. The summed E-state index contributed by atoms with van der Waals surface area (Å²) >= 11 is 0. The number of imidazole rings is 2. The van der Waals surface area contributed by atoms with Crippen molar-refractivity contribution in [3.63, 3.8) is 0 Å². The van der Waals surface area contributed by atoms with E-state index >= 15 is 0 Å². The third-order valence-electron chi connectivity index (χ3n) is 8.84. The van der Waals surface area contributed by atoms with Gasteiger partial charge in [0.1, 0.15) is 22.8 Å². The summed E-state index contributed by atoms with van der Waals surface area (Å²) in [6, 6.07) is 50.4. The molecule has 0 radical (unpaired) electrons. The third kappa shape index (κ3) is 4.35. The van der Waals surface area contributed by atoms with Gasteiger partial charge in [-0.1, -0.05) is 115 Å². The maximum Gasteiger partial charge on any atom is 0.241 e. The second-order valence-corrected chi connectivity index (χ2v) is 11.8. The van der Waals surface area contributed by atoms with Crippen molar-refractivity contribution in [3.8, 4) is 46.1 Å². The van der Waals surface area contributed by atoms with Crippen LogP contribution in [0.5, 0.6) is 0 Å². The van der Waals surface area contributed by atoms with Crippen LogP contribution >= 0.6 is 0 Å². The molecule has 4 heterocycles. The van der Waals surface area contributed by atoms with Gasteiger partial charge in [0.25, 0.3) is 0 Å². The van der Waals surface area contributed by atoms with E-state index < -0.39 is 0 Å². The van der Waals surface area contributed by atoms with Crippen molar-refractivity contribution in [2.45, 2.75) is 0 Å². The van der Waals surface area contributed by atoms with Crippen LogP contribution in [0.1, 0.15) is 0 Å². The Kier molecular flexibility index (Phi) is 6.01. The second-order valence-electron chi connectivity index (χ2n) is 11.8. The molecule has 0 N–H and O–H groups in total. The minimum atomic E-state index is 0.439. The molecule has 0 atom stereocenters. The van der Waals surface area contributed by atoms with E-state index in [1.54, 1.807) is 0 Å². The van der Waals surface area contributed by atoms with Gasteiger partial charge in [0.05, 0.1) is 22.1 Å². The predicted octanol–water partition coefficient (Wildman–Crippen LogP) is 9.45. The van der Waals surface area contributed by atoms with E-state index in [1.165, 1.54) is 0 Å². The molecular formula is C41H25N7O. The van der Waals surface area contributed by atoms with Gasteiger partial charge in [-0.25, -0.2) is 9.97 Å². The lowest BCUT2D eigenvalue weighted by molar-refractivity contribution is 0.669. The van der Waals surface area contributed by atoms with E-state index in [0.717, 1.165) is 72.3 Å². The fourth-order valence-corrected chi connectivity index (χ4v) is 6.65. The predicted molar refractivity (Wildman–Crippen MR) is 193 cm³/mol. The number of nitrogens with zero attached hydrogens (tertiary/aromatic N) is 7. The summed E-state index contributed by atoms with van der Waals surface area (Å²) in [5, 5.41) is 1.94. The van der Waals surface area contributed by atoms with Crippen LogP contribution in [-0.4, -0.2) is 34.1 Å². The van der Waals surface area contributed by atoms with Crippen molar-refractivity contribution in [3.05, 3.63) is 152 Å². The quantitative estimate of drug-likeness (QED) is 0.188. The molecule has 0 bridgehead atoms. The summed E-state index contributed by atoms with van der Waals surface area (Å²) in [4.78, 5) is 25.9. The first-order valence-electron chi connectivity index (χ1n) is 16.0. The van der Waals surface area contributed by atoms with Crippen molar-refractivity contribution in [1.29, 1.82) is 0 Å². The largest absolute Gasteiger partial charge is 0.456 e. The Bertz CT molecular complexity index is 2700. The molecule has 0 aliphatic carbocycles. The van der Waals surface area contributed by atoms with Gasteiger partial charge in [-0.05, 0) is 36.4 Å². The van der Waals surface area contributed by atoms with E-state index in [-0.39, 0.29) is 0 Å². The molecule has 0 saturated carbocycles. The summed E-state index contributed by atoms with van der Waals surface area (Å²) in [6.45, 7) is 0. The summed E-state index contributed by atoms with van der Waals surface area (Å²) in [5.41, 5.74) is 7.74. The Balaban J connectivity index is 1.33.